The number of aryl methyl sites for hydroxylation is 1. The van der Waals surface area contributed by atoms with Gasteiger partial charge in [0.1, 0.15) is 11.9 Å². The Hall–Kier alpha value is -1.35. The molecule has 0 spiro atoms. The minimum Gasteiger partial charge on any atom is -0.496 e. The molecule has 0 aromatic heterocycles. The standard InChI is InChI=1S/C14H18O3/c1-10-9-11(6-7-12(10)16-2)14(15)13-5-3-4-8-17-13/h6-7,9,13H,3-5,8H2,1-2H3. The van der Waals surface area contributed by atoms with Crippen LogP contribution in [0.5, 0.6) is 5.75 Å². The van der Waals surface area contributed by atoms with E-state index in [0.717, 1.165) is 36.1 Å². The van der Waals surface area contributed by atoms with Gasteiger partial charge in [0.05, 0.1) is 7.11 Å². The maximum absolute atomic E-state index is 12.2. The van der Waals surface area contributed by atoms with Crippen molar-refractivity contribution in [3.8, 4) is 5.75 Å². The first-order chi connectivity index (χ1) is 8.22. The predicted molar refractivity (Wildman–Crippen MR) is 65.7 cm³/mol. The van der Waals surface area contributed by atoms with E-state index in [9.17, 15) is 4.79 Å². The second-order valence-corrected chi connectivity index (χ2v) is 4.40. The molecule has 1 aliphatic rings. The number of ketones is 1. The van der Waals surface area contributed by atoms with E-state index in [1.54, 1.807) is 7.11 Å². The maximum atomic E-state index is 12.2. The molecular formula is C14H18O3. The molecule has 1 aromatic carbocycles. The van der Waals surface area contributed by atoms with E-state index in [4.69, 9.17) is 9.47 Å². The Bertz CT molecular complexity index is 406. The highest BCUT2D eigenvalue weighted by atomic mass is 16.5. The molecule has 2 rings (SSSR count). The van der Waals surface area contributed by atoms with Crippen LogP contribution < -0.4 is 4.74 Å². The molecule has 1 saturated heterocycles. The third kappa shape index (κ3) is 2.67. The summed E-state index contributed by atoms with van der Waals surface area (Å²) in [6.07, 6.45) is 2.72. The number of hydrogen-bond donors (Lipinski definition) is 0. The lowest BCUT2D eigenvalue weighted by molar-refractivity contribution is 0.0186. The van der Waals surface area contributed by atoms with Crippen molar-refractivity contribution in [2.24, 2.45) is 0 Å². The van der Waals surface area contributed by atoms with E-state index in [1.807, 2.05) is 25.1 Å². The largest absolute Gasteiger partial charge is 0.496 e. The predicted octanol–water partition coefficient (Wildman–Crippen LogP) is 2.76. The average Bonchev–Trinajstić information content (AvgIpc) is 2.39. The smallest absolute Gasteiger partial charge is 0.191 e. The lowest BCUT2D eigenvalue weighted by atomic mass is 9.98. The van der Waals surface area contributed by atoms with Gasteiger partial charge in [-0.15, -0.1) is 0 Å². The van der Waals surface area contributed by atoms with Crippen LogP contribution in [0.15, 0.2) is 18.2 Å². The van der Waals surface area contributed by atoms with Crippen LogP contribution in [0.3, 0.4) is 0 Å². The molecule has 0 bridgehead atoms. The number of ether oxygens (including phenoxy) is 2. The van der Waals surface area contributed by atoms with Crippen LogP contribution >= 0.6 is 0 Å². The Morgan fingerprint density at radius 2 is 2.24 bits per heavy atom. The Balaban J connectivity index is 2.16. The van der Waals surface area contributed by atoms with Crippen molar-refractivity contribution in [2.75, 3.05) is 13.7 Å². The fourth-order valence-electron chi connectivity index (χ4n) is 2.17. The zero-order valence-electron chi connectivity index (χ0n) is 10.4. The first-order valence-electron chi connectivity index (χ1n) is 6.03. The minimum absolute atomic E-state index is 0.0930. The van der Waals surface area contributed by atoms with E-state index in [1.165, 1.54) is 0 Å². The molecule has 1 aromatic rings. The summed E-state index contributed by atoms with van der Waals surface area (Å²) in [5.41, 5.74) is 1.70. The first-order valence-corrected chi connectivity index (χ1v) is 6.03. The lowest BCUT2D eigenvalue weighted by Crippen LogP contribution is -2.28. The van der Waals surface area contributed by atoms with Gasteiger partial charge in [0.15, 0.2) is 5.78 Å². The molecule has 92 valence electrons. The van der Waals surface area contributed by atoms with Crippen LogP contribution in [0.2, 0.25) is 0 Å². The van der Waals surface area contributed by atoms with Crippen molar-refractivity contribution >= 4 is 5.78 Å². The fraction of sp³-hybridized carbons (Fsp3) is 0.500. The molecule has 1 fully saturated rings. The molecule has 0 aliphatic carbocycles. The van der Waals surface area contributed by atoms with Crippen LogP contribution in [0.4, 0.5) is 0 Å². The topological polar surface area (TPSA) is 35.5 Å². The second kappa shape index (κ2) is 5.32. The van der Waals surface area contributed by atoms with Crippen LogP contribution in [-0.2, 0) is 4.74 Å². The molecule has 17 heavy (non-hydrogen) atoms. The van der Waals surface area contributed by atoms with Gasteiger partial charge in [0.25, 0.3) is 0 Å². The van der Waals surface area contributed by atoms with Gasteiger partial charge < -0.3 is 9.47 Å². The zero-order valence-corrected chi connectivity index (χ0v) is 10.4. The molecule has 0 radical (unpaired) electrons. The van der Waals surface area contributed by atoms with Gasteiger partial charge in [0.2, 0.25) is 0 Å². The van der Waals surface area contributed by atoms with Gasteiger partial charge in [-0.1, -0.05) is 0 Å². The third-order valence-corrected chi connectivity index (χ3v) is 3.15. The summed E-state index contributed by atoms with van der Waals surface area (Å²) in [6.45, 7) is 2.64. The van der Waals surface area contributed by atoms with E-state index in [2.05, 4.69) is 0 Å². The number of carbonyl (C=O) groups is 1. The number of benzene rings is 1. The monoisotopic (exact) mass is 234 g/mol. The molecule has 1 atom stereocenters. The van der Waals surface area contributed by atoms with Gasteiger partial charge in [0, 0.05) is 12.2 Å². The SMILES string of the molecule is COc1ccc(C(=O)C2CCCCO2)cc1C. The number of hydrogen-bond acceptors (Lipinski definition) is 3. The molecule has 0 amide bonds. The van der Waals surface area contributed by atoms with Crippen molar-refractivity contribution in [3.05, 3.63) is 29.3 Å². The maximum Gasteiger partial charge on any atom is 0.191 e. The summed E-state index contributed by atoms with van der Waals surface area (Å²) in [4.78, 5) is 12.2. The van der Waals surface area contributed by atoms with Crippen molar-refractivity contribution in [2.45, 2.75) is 32.3 Å². The molecule has 3 heteroatoms. The number of rotatable bonds is 3. The Kier molecular flexibility index (Phi) is 3.79. The summed E-state index contributed by atoms with van der Waals surface area (Å²) in [6, 6.07) is 5.52. The second-order valence-electron chi connectivity index (χ2n) is 4.40. The van der Waals surface area contributed by atoms with Crippen LogP contribution in [0.25, 0.3) is 0 Å². The molecule has 0 N–H and O–H groups in total. The van der Waals surface area contributed by atoms with Crippen LogP contribution in [0, 0.1) is 6.92 Å². The van der Waals surface area contributed by atoms with Crippen molar-refractivity contribution in [3.63, 3.8) is 0 Å². The summed E-state index contributed by atoms with van der Waals surface area (Å²) in [5.74, 6) is 0.904. The highest BCUT2D eigenvalue weighted by Gasteiger charge is 2.23. The molecule has 0 saturated carbocycles. The van der Waals surface area contributed by atoms with E-state index in [-0.39, 0.29) is 11.9 Å². The van der Waals surface area contributed by atoms with Gasteiger partial charge in [-0.3, -0.25) is 4.79 Å². The summed E-state index contributed by atoms with van der Waals surface area (Å²) >= 11 is 0. The van der Waals surface area contributed by atoms with Gasteiger partial charge in [-0.2, -0.15) is 0 Å². The number of Topliss-reactive ketones (excluding diaryl/α,β-unsaturated/α-hetero) is 1. The fourth-order valence-corrected chi connectivity index (χ4v) is 2.17. The third-order valence-electron chi connectivity index (χ3n) is 3.15. The molecule has 3 nitrogen and oxygen atoms in total. The molecule has 1 unspecified atom stereocenters. The normalized spacial score (nSPS) is 20.0. The zero-order chi connectivity index (χ0) is 12.3. The highest BCUT2D eigenvalue weighted by Crippen LogP contribution is 2.22. The highest BCUT2D eigenvalue weighted by molar-refractivity contribution is 5.99. The quantitative estimate of drug-likeness (QED) is 0.754. The Morgan fingerprint density at radius 1 is 1.41 bits per heavy atom. The van der Waals surface area contributed by atoms with Crippen LogP contribution in [0.1, 0.15) is 35.2 Å². The van der Waals surface area contributed by atoms with E-state index < -0.39 is 0 Å². The summed E-state index contributed by atoms with van der Waals surface area (Å²) in [5, 5.41) is 0. The molecule has 1 heterocycles. The van der Waals surface area contributed by atoms with Gasteiger partial charge >= 0.3 is 0 Å². The van der Waals surface area contributed by atoms with Crippen molar-refractivity contribution in [1.29, 1.82) is 0 Å². The van der Waals surface area contributed by atoms with Crippen molar-refractivity contribution in [1.82, 2.24) is 0 Å². The van der Waals surface area contributed by atoms with Gasteiger partial charge in [-0.25, -0.2) is 0 Å². The first kappa shape index (κ1) is 12.1. The Morgan fingerprint density at radius 3 is 2.82 bits per heavy atom. The van der Waals surface area contributed by atoms with Gasteiger partial charge in [-0.05, 0) is 49.9 Å². The average molecular weight is 234 g/mol. The summed E-state index contributed by atoms with van der Waals surface area (Å²) in [7, 11) is 1.63. The van der Waals surface area contributed by atoms with Crippen LogP contribution in [-0.4, -0.2) is 25.6 Å². The summed E-state index contributed by atoms with van der Waals surface area (Å²) < 4.78 is 10.7. The number of carbonyl (C=O) groups excluding carboxylic acids is 1. The number of methoxy groups -OCH3 is 1. The molecule has 1 aliphatic heterocycles. The lowest BCUT2D eigenvalue weighted by Gasteiger charge is -2.21. The van der Waals surface area contributed by atoms with E-state index in [0.29, 0.717) is 6.61 Å². The Labute approximate surface area is 102 Å². The van der Waals surface area contributed by atoms with E-state index >= 15 is 0 Å². The van der Waals surface area contributed by atoms with Crippen molar-refractivity contribution < 1.29 is 14.3 Å². The minimum atomic E-state index is -0.253. The molecular weight excluding hydrogens is 216 g/mol.